The van der Waals surface area contributed by atoms with Gasteiger partial charge in [0, 0.05) is 25.3 Å². The Labute approximate surface area is 140 Å². The van der Waals surface area contributed by atoms with Crippen LogP contribution in [0.15, 0.2) is 54.7 Å². The first-order valence-electron chi connectivity index (χ1n) is 7.96. The highest BCUT2D eigenvalue weighted by Crippen LogP contribution is 2.14. The van der Waals surface area contributed by atoms with Crippen LogP contribution in [-0.2, 0) is 0 Å². The van der Waals surface area contributed by atoms with Crippen LogP contribution < -0.4 is 10.1 Å². The molecule has 6 heteroatoms. The summed E-state index contributed by atoms with van der Waals surface area (Å²) in [4.78, 5) is 30.1. The molecule has 1 aromatic heterocycles. The molecule has 1 aromatic carbocycles. The number of carbonyl (C=O) groups is 2. The number of pyridine rings is 1. The maximum atomic E-state index is 12.3. The molecule has 0 saturated carbocycles. The smallest absolute Gasteiger partial charge is 0.410 e. The summed E-state index contributed by atoms with van der Waals surface area (Å²) in [6, 6.07) is 14.2. The van der Waals surface area contributed by atoms with Crippen molar-refractivity contribution >= 4 is 12.0 Å². The Morgan fingerprint density at radius 3 is 2.42 bits per heavy atom. The molecular weight excluding hydrogens is 306 g/mol. The van der Waals surface area contributed by atoms with E-state index in [9.17, 15) is 9.59 Å². The number of hydrogen-bond donors (Lipinski definition) is 1. The van der Waals surface area contributed by atoms with Gasteiger partial charge in [0.15, 0.2) is 0 Å². The number of nitrogens with one attached hydrogen (secondary N) is 1. The third-order valence-corrected chi connectivity index (χ3v) is 3.94. The highest BCUT2D eigenvalue weighted by atomic mass is 16.6. The van der Waals surface area contributed by atoms with Crippen LogP contribution in [0, 0.1) is 0 Å². The van der Waals surface area contributed by atoms with Crippen LogP contribution >= 0.6 is 0 Å². The summed E-state index contributed by atoms with van der Waals surface area (Å²) >= 11 is 0. The normalized spacial score (nSPS) is 14.9. The standard InChI is InChI=1S/C18H19N3O3/c22-17(16-8-4-5-11-19-16)21-12-9-14(10-13-21)20-18(23)24-15-6-2-1-3-7-15/h1-8,11,14H,9-10,12-13H2,(H,20,23). The maximum Gasteiger partial charge on any atom is 0.412 e. The predicted molar refractivity (Wildman–Crippen MR) is 88.8 cm³/mol. The van der Waals surface area contributed by atoms with Crippen molar-refractivity contribution in [1.82, 2.24) is 15.2 Å². The number of nitrogens with zero attached hydrogens (tertiary/aromatic N) is 2. The van der Waals surface area contributed by atoms with Gasteiger partial charge in [0.1, 0.15) is 11.4 Å². The van der Waals surface area contributed by atoms with Gasteiger partial charge >= 0.3 is 6.09 Å². The second-order valence-corrected chi connectivity index (χ2v) is 5.63. The predicted octanol–water partition coefficient (Wildman–Crippen LogP) is 2.47. The van der Waals surface area contributed by atoms with Gasteiger partial charge in [-0.25, -0.2) is 4.79 Å². The number of benzene rings is 1. The number of hydrogen-bond acceptors (Lipinski definition) is 4. The lowest BCUT2D eigenvalue weighted by Crippen LogP contribution is -2.47. The summed E-state index contributed by atoms with van der Waals surface area (Å²) in [5.41, 5.74) is 0.451. The van der Waals surface area contributed by atoms with Crippen LogP contribution in [0.3, 0.4) is 0 Å². The summed E-state index contributed by atoms with van der Waals surface area (Å²) in [5, 5.41) is 2.85. The molecule has 0 radical (unpaired) electrons. The lowest BCUT2D eigenvalue weighted by Gasteiger charge is -2.31. The van der Waals surface area contributed by atoms with Gasteiger partial charge in [0.05, 0.1) is 0 Å². The van der Waals surface area contributed by atoms with Crippen molar-refractivity contribution < 1.29 is 14.3 Å². The Bertz CT molecular complexity index is 683. The maximum absolute atomic E-state index is 12.3. The van der Waals surface area contributed by atoms with Gasteiger partial charge in [0.25, 0.3) is 5.91 Å². The zero-order chi connectivity index (χ0) is 16.8. The van der Waals surface area contributed by atoms with Crippen LogP contribution in [0.25, 0.3) is 0 Å². The molecule has 2 heterocycles. The minimum absolute atomic E-state index is 0.00833. The molecule has 2 aromatic rings. The van der Waals surface area contributed by atoms with Crippen molar-refractivity contribution in [3.8, 4) is 5.75 Å². The van der Waals surface area contributed by atoms with Crippen LogP contribution in [0.1, 0.15) is 23.3 Å². The SMILES string of the molecule is O=C(NC1CCN(C(=O)c2ccccn2)CC1)Oc1ccccc1. The fraction of sp³-hybridized carbons (Fsp3) is 0.278. The largest absolute Gasteiger partial charge is 0.412 e. The summed E-state index contributed by atoms with van der Waals surface area (Å²) in [5.74, 6) is 0.443. The summed E-state index contributed by atoms with van der Waals surface area (Å²) in [6.45, 7) is 1.18. The second kappa shape index (κ2) is 7.59. The summed E-state index contributed by atoms with van der Waals surface area (Å²) < 4.78 is 5.22. The first kappa shape index (κ1) is 16.0. The van der Waals surface area contributed by atoms with E-state index in [4.69, 9.17) is 4.74 Å². The average molecular weight is 325 g/mol. The minimum atomic E-state index is -0.462. The molecule has 6 nitrogen and oxygen atoms in total. The van der Waals surface area contributed by atoms with Gasteiger partial charge < -0.3 is 15.0 Å². The minimum Gasteiger partial charge on any atom is -0.410 e. The molecule has 0 bridgehead atoms. The topological polar surface area (TPSA) is 71.5 Å². The number of likely N-dealkylation sites (tertiary alicyclic amines) is 1. The Hall–Kier alpha value is -2.89. The second-order valence-electron chi connectivity index (χ2n) is 5.63. The van der Waals surface area contributed by atoms with Crippen molar-refractivity contribution in [3.05, 3.63) is 60.4 Å². The van der Waals surface area contributed by atoms with Gasteiger partial charge in [-0.3, -0.25) is 9.78 Å². The molecule has 1 aliphatic rings. The zero-order valence-electron chi connectivity index (χ0n) is 13.2. The summed E-state index contributed by atoms with van der Waals surface area (Å²) in [7, 11) is 0. The molecule has 24 heavy (non-hydrogen) atoms. The van der Waals surface area contributed by atoms with Crippen molar-refractivity contribution in [3.63, 3.8) is 0 Å². The Morgan fingerprint density at radius 1 is 1.04 bits per heavy atom. The molecule has 1 N–H and O–H groups in total. The number of piperidine rings is 1. The fourth-order valence-electron chi connectivity index (χ4n) is 2.67. The van der Waals surface area contributed by atoms with E-state index in [2.05, 4.69) is 10.3 Å². The third-order valence-electron chi connectivity index (χ3n) is 3.94. The molecule has 3 rings (SSSR count). The fourth-order valence-corrected chi connectivity index (χ4v) is 2.67. The van der Waals surface area contributed by atoms with Crippen LogP contribution in [0.4, 0.5) is 4.79 Å². The molecule has 0 aliphatic carbocycles. The van der Waals surface area contributed by atoms with E-state index in [1.807, 2.05) is 18.2 Å². The number of carbonyl (C=O) groups excluding carboxylic acids is 2. The van der Waals surface area contributed by atoms with Crippen LogP contribution in [0.2, 0.25) is 0 Å². The lowest BCUT2D eigenvalue weighted by molar-refractivity contribution is 0.0700. The summed E-state index contributed by atoms with van der Waals surface area (Å²) in [6.07, 6.45) is 2.54. The Balaban J connectivity index is 1.47. The van der Waals surface area contributed by atoms with Gasteiger partial charge in [-0.15, -0.1) is 0 Å². The van der Waals surface area contributed by atoms with Crippen molar-refractivity contribution in [2.24, 2.45) is 0 Å². The number of aromatic nitrogens is 1. The number of amides is 2. The molecule has 0 unspecified atom stereocenters. The molecule has 0 spiro atoms. The molecule has 124 valence electrons. The third kappa shape index (κ3) is 4.10. The Kier molecular flexibility index (Phi) is 5.05. The van der Waals surface area contributed by atoms with Gasteiger partial charge in [0.2, 0.25) is 0 Å². The molecule has 0 atom stereocenters. The highest BCUT2D eigenvalue weighted by molar-refractivity contribution is 5.92. The first-order chi connectivity index (χ1) is 11.7. The zero-order valence-corrected chi connectivity index (χ0v) is 13.2. The molecule has 2 amide bonds. The van der Waals surface area contributed by atoms with Gasteiger partial charge in [-0.2, -0.15) is 0 Å². The van der Waals surface area contributed by atoms with Crippen LogP contribution in [0.5, 0.6) is 5.75 Å². The molecule has 1 fully saturated rings. The molecular formula is C18H19N3O3. The van der Waals surface area contributed by atoms with Crippen molar-refractivity contribution in [2.45, 2.75) is 18.9 Å². The van der Waals surface area contributed by atoms with E-state index in [-0.39, 0.29) is 11.9 Å². The van der Waals surface area contributed by atoms with E-state index in [0.717, 1.165) is 0 Å². The molecule has 1 aliphatic heterocycles. The monoisotopic (exact) mass is 325 g/mol. The van der Waals surface area contributed by atoms with E-state index in [1.165, 1.54) is 0 Å². The number of para-hydroxylation sites is 1. The van der Waals surface area contributed by atoms with Gasteiger partial charge in [-0.05, 0) is 37.1 Å². The molecule has 1 saturated heterocycles. The van der Waals surface area contributed by atoms with Gasteiger partial charge in [-0.1, -0.05) is 24.3 Å². The van der Waals surface area contributed by atoms with E-state index < -0.39 is 6.09 Å². The van der Waals surface area contributed by atoms with E-state index in [1.54, 1.807) is 41.4 Å². The first-order valence-corrected chi connectivity index (χ1v) is 7.96. The van der Waals surface area contributed by atoms with Crippen molar-refractivity contribution in [2.75, 3.05) is 13.1 Å². The Morgan fingerprint density at radius 2 is 1.75 bits per heavy atom. The highest BCUT2D eigenvalue weighted by Gasteiger charge is 2.25. The lowest BCUT2D eigenvalue weighted by atomic mass is 10.0. The average Bonchev–Trinajstić information content (AvgIpc) is 2.63. The number of ether oxygens (including phenoxy) is 1. The van der Waals surface area contributed by atoms with Crippen molar-refractivity contribution in [1.29, 1.82) is 0 Å². The van der Waals surface area contributed by atoms with E-state index in [0.29, 0.717) is 37.4 Å². The number of rotatable bonds is 3. The van der Waals surface area contributed by atoms with E-state index >= 15 is 0 Å². The quantitative estimate of drug-likeness (QED) is 0.941. The van der Waals surface area contributed by atoms with Crippen LogP contribution in [-0.4, -0.2) is 41.0 Å².